The van der Waals surface area contributed by atoms with Crippen molar-refractivity contribution in [3.63, 3.8) is 0 Å². The van der Waals surface area contributed by atoms with Crippen LogP contribution in [0.1, 0.15) is 20.3 Å². The first-order chi connectivity index (χ1) is 4.16. The van der Waals surface area contributed by atoms with Gasteiger partial charge in [0.2, 0.25) is 0 Å². The average molecular weight is 242 g/mol. The van der Waals surface area contributed by atoms with Crippen molar-refractivity contribution in [3.05, 3.63) is 0 Å². The van der Waals surface area contributed by atoms with Crippen molar-refractivity contribution < 1.29 is 9.53 Å². The number of halogens is 1. The topological polar surface area (TPSA) is 26.3 Å². The molecule has 1 atom stereocenters. The summed E-state index contributed by atoms with van der Waals surface area (Å²) in [5, 5.41) is 0. The molecular weight excluding hydrogens is 231 g/mol. The van der Waals surface area contributed by atoms with Crippen molar-refractivity contribution in [2.45, 2.75) is 24.2 Å². The first-order valence-corrected chi connectivity index (χ1v) is 4.18. The summed E-state index contributed by atoms with van der Waals surface area (Å²) in [4.78, 5) is 10.2. The van der Waals surface area contributed by atoms with E-state index in [4.69, 9.17) is 4.74 Å². The molecule has 0 aliphatic heterocycles. The van der Waals surface area contributed by atoms with Crippen LogP contribution >= 0.6 is 22.6 Å². The van der Waals surface area contributed by atoms with E-state index in [-0.39, 0.29) is 5.97 Å². The monoisotopic (exact) mass is 242 g/mol. The number of carbonyl (C=O) groups excluding carboxylic acids is 1. The largest absolute Gasteiger partial charge is 0.465 e. The van der Waals surface area contributed by atoms with Crippen LogP contribution < -0.4 is 0 Å². The van der Waals surface area contributed by atoms with Crippen LogP contribution in [0, 0.1) is 0 Å². The Morgan fingerprint density at radius 3 is 2.67 bits per heavy atom. The third-order valence-corrected chi connectivity index (χ3v) is 2.15. The summed E-state index contributed by atoms with van der Waals surface area (Å²) in [6, 6.07) is 0. The lowest BCUT2D eigenvalue weighted by molar-refractivity contribution is -0.140. The quantitative estimate of drug-likeness (QED) is 0.428. The highest BCUT2D eigenvalue weighted by atomic mass is 127. The van der Waals surface area contributed by atoms with E-state index in [1.165, 1.54) is 6.92 Å². The molecule has 0 amide bonds. The van der Waals surface area contributed by atoms with Crippen LogP contribution in [-0.4, -0.2) is 16.5 Å². The van der Waals surface area contributed by atoms with Gasteiger partial charge in [-0.05, 0) is 6.42 Å². The molecule has 0 fully saturated rings. The van der Waals surface area contributed by atoms with Crippen LogP contribution in [0.2, 0.25) is 0 Å². The smallest absolute Gasteiger partial charge is 0.302 e. The molecule has 0 radical (unpaired) electrons. The lowest BCUT2D eigenvalue weighted by atomic mass is 10.4. The first kappa shape index (κ1) is 9.20. The molecule has 0 aromatic heterocycles. The molecule has 0 saturated carbocycles. The molecule has 0 rings (SSSR count). The summed E-state index contributed by atoms with van der Waals surface area (Å²) in [7, 11) is 0. The fourth-order valence-corrected chi connectivity index (χ4v) is 0.505. The predicted molar refractivity (Wildman–Crippen MR) is 44.7 cm³/mol. The van der Waals surface area contributed by atoms with Gasteiger partial charge >= 0.3 is 5.97 Å². The van der Waals surface area contributed by atoms with E-state index >= 15 is 0 Å². The van der Waals surface area contributed by atoms with Crippen molar-refractivity contribution in [1.29, 1.82) is 0 Å². The van der Waals surface area contributed by atoms with Gasteiger partial charge in [0.1, 0.15) is 6.61 Å². The number of rotatable bonds is 3. The molecular formula is C6H11IO2. The van der Waals surface area contributed by atoms with E-state index in [2.05, 4.69) is 29.5 Å². The highest BCUT2D eigenvalue weighted by molar-refractivity contribution is 14.1. The molecule has 2 nitrogen and oxygen atoms in total. The van der Waals surface area contributed by atoms with Crippen LogP contribution in [-0.2, 0) is 9.53 Å². The van der Waals surface area contributed by atoms with Crippen LogP contribution in [0.15, 0.2) is 0 Å². The Morgan fingerprint density at radius 1 is 1.78 bits per heavy atom. The molecule has 0 spiro atoms. The molecule has 0 saturated heterocycles. The van der Waals surface area contributed by atoms with E-state index in [0.717, 1.165) is 6.42 Å². The normalized spacial score (nSPS) is 12.8. The Morgan fingerprint density at radius 2 is 2.33 bits per heavy atom. The fraction of sp³-hybridized carbons (Fsp3) is 0.833. The SMILES string of the molecule is CCC(I)COC(C)=O. The van der Waals surface area contributed by atoms with Crippen LogP contribution in [0.3, 0.4) is 0 Å². The lowest BCUT2D eigenvalue weighted by Gasteiger charge is -2.04. The average Bonchev–Trinajstić information content (AvgIpc) is 1.83. The van der Waals surface area contributed by atoms with E-state index < -0.39 is 0 Å². The maximum Gasteiger partial charge on any atom is 0.302 e. The van der Waals surface area contributed by atoms with Crippen molar-refractivity contribution in [2.75, 3.05) is 6.61 Å². The Kier molecular flexibility index (Phi) is 5.13. The lowest BCUT2D eigenvalue weighted by Crippen LogP contribution is -2.09. The molecule has 0 aliphatic rings. The number of hydrogen-bond donors (Lipinski definition) is 0. The highest BCUT2D eigenvalue weighted by Crippen LogP contribution is 2.04. The summed E-state index contributed by atoms with van der Waals surface area (Å²) in [5.74, 6) is -0.190. The summed E-state index contributed by atoms with van der Waals surface area (Å²) < 4.78 is 5.21. The number of esters is 1. The summed E-state index contributed by atoms with van der Waals surface area (Å²) in [5.41, 5.74) is 0. The van der Waals surface area contributed by atoms with Crippen LogP contribution in [0.5, 0.6) is 0 Å². The summed E-state index contributed by atoms with van der Waals surface area (Å²) in [6.45, 7) is 4.05. The van der Waals surface area contributed by atoms with Crippen molar-refractivity contribution in [1.82, 2.24) is 0 Å². The van der Waals surface area contributed by atoms with Gasteiger partial charge in [0.15, 0.2) is 0 Å². The van der Waals surface area contributed by atoms with Gasteiger partial charge < -0.3 is 4.74 Å². The van der Waals surface area contributed by atoms with Gasteiger partial charge in [-0.25, -0.2) is 0 Å². The molecule has 0 bridgehead atoms. The van der Waals surface area contributed by atoms with Gasteiger partial charge in [-0.3, -0.25) is 4.79 Å². The van der Waals surface area contributed by atoms with E-state index in [0.29, 0.717) is 10.5 Å². The first-order valence-electron chi connectivity index (χ1n) is 2.94. The Labute approximate surface area is 69.1 Å². The Bertz CT molecular complexity index is 93.1. The standard InChI is InChI=1S/C6H11IO2/c1-3-6(7)4-9-5(2)8/h6H,3-4H2,1-2H3. The molecule has 0 heterocycles. The minimum Gasteiger partial charge on any atom is -0.465 e. The molecule has 0 aromatic carbocycles. The molecule has 0 aromatic rings. The molecule has 0 aliphatic carbocycles. The zero-order valence-corrected chi connectivity index (χ0v) is 7.84. The van der Waals surface area contributed by atoms with Crippen LogP contribution in [0.25, 0.3) is 0 Å². The second kappa shape index (κ2) is 5.02. The second-order valence-electron chi connectivity index (χ2n) is 1.81. The molecule has 3 heteroatoms. The highest BCUT2D eigenvalue weighted by Gasteiger charge is 2.01. The maximum absolute atomic E-state index is 10.2. The summed E-state index contributed by atoms with van der Waals surface area (Å²) >= 11 is 2.26. The second-order valence-corrected chi connectivity index (χ2v) is 3.57. The van der Waals surface area contributed by atoms with E-state index in [9.17, 15) is 4.79 Å². The minimum atomic E-state index is -0.190. The molecule has 54 valence electrons. The number of hydrogen-bond acceptors (Lipinski definition) is 2. The summed E-state index contributed by atoms with van der Waals surface area (Å²) in [6.07, 6.45) is 1.05. The van der Waals surface area contributed by atoms with E-state index in [1.54, 1.807) is 0 Å². The van der Waals surface area contributed by atoms with Gasteiger partial charge in [-0.1, -0.05) is 29.5 Å². The molecule has 9 heavy (non-hydrogen) atoms. The van der Waals surface area contributed by atoms with Gasteiger partial charge in [-0.15, -0.1) is 0 Å². The van der Waals surface area contributed by atoms with Crippen molar-refractivity contribution in [3.8, 4) is 0 Å². The number of alkyl halides is 1. The van der Waals surface area contributed by atoms with Gasteiger partial charge in [-0.2, -0.15) is 0 Å². The zero-order chi connectivity index (χ0) is 7.28. The third kappa shape index (κ3) is 6.08. The van der Waals surface area contributed by atoms with Gasteiger partial charge in [0.05, 0.1) is 0 Å². The van der Waals surface area contributed by atoms with Gasteiger partial charge in [0, 0.05) is 10.8 Å². The minimum absolute atomic E-state index is 0.190. The Balaban J connectivity index is 3.16. The molecule has 0 N–H and O–H groups in total. The fourth-order valence-electron chi connectivity index (χ4n) is 0.326. The number of carbonyl (C=O) groups is 1. The van der Waals surface area contributed by atoms with Crippen LogP contribution in [0.4, 0.5) is 0 Å². The third-order valence-electron chi connectivity index (χ3n) is 0.910. The number of ether oxygens (including phenoxy) is 1. The van der Waals surface area contributed by atoms with Gasteiger partial charge in [0.25, 0.3) is 0 Å². The predicted octanol–water partition coefficient (Wildman–Crippen LogP) is 1.76. The van der Waals surface area contributed by atoms with Crippen molar-refractivity contribution in [2.24, 2.45) is 0 Å². The Hall–Kier alpha value is 0.200. The molecule has 1 unspecified atom stereocenters. The van der Waals surface area contributed by atoms with Crippen molar-refractivity contribution >= 4 is 28.6 Å². The maximum atomic E-state index is 10.2. The van der Waals surface area contributed by atoms with E-state index in [1.807, 2.05) is 0 Å². The zero-order valence-electron chi connectivity index (χ0n) is 5.69.